The summed E-state index contributed by atoms with van der Waals surface area (Å²) in [6.45, 7) is 1.90. The maximum absolute atomic E-state index is 11.8. The quantitative estimate of drug-likeness (QED) is 0.519. The fraction of sp³-hybridized carbons (Fsp3) is 0.235. The first-order valence-electron chi connectivity index (χ1n) is 7.33. The van der Waals surface area contributed by atoms with Gasteiger partial charge in [-0.05, 0) is 38.0 Å². The Balaban J connectivity index is 1.59. The van der Waals surface area contributed by atoms with Crippen LogP contribution in [0.1, 0.15) is 23.5 Å². The molecular weight excluding hydrogens is 312 g/mol. The summed E-state index contributed by atoms with van der Waals surface area (Å²) in [4.78, 5) is 27.8. The smallest absolute Gasteiger partial charge is 0.336 e. The third-order valence-corrected chi connectivity index (χ3v) is 4.09. The fourth-order valence-corrected chi connectivity index (χ4v) is 2.57. The molecular formula is C17H16N2O3S. The zero-order valence-electron chi connectivity index (χ0n) is 12.6. The van der Waals surface area contributed by atoms with Gasteiger partial charge < -0.3 is 10.1 Å². The molecule has 0 aliphatic heterocycles. The molecule has 1 fully saturated rings. The maximum Gasteiger partial charge on any atom is 0.336 e. The van der Waals surface area contributed by atoms with Gasteiger partial charge >= 0.3 is 5.97 Å². The van der Waals surface area contributed by atoms with E-state index >= 15 is 0 Å². The Kier molecular flexibility index (Phi) is 4.52. The molecule has 0 spiro atoms. The second kappa shape index (κ2) is 6.75. The molecule has 1 aromatic heterocycles. The van der Waals surface area contributed by atoms with E-state index in [0.717, 1.165) is 23.5 Å². The van der Waals surface area contributed by atoms with E-state index in [1.807, 2.05) is 12.3 Å². The number of nitrogens with zero attached hydrogens (tertiary/aromatic N) is 1. The van der Waals surface area contributed by atoms with Crippen LogP contribution in [-0.4, -0.2) is 16.9 Å². The first-order chi connectivity index (χ1) is 11.1. The van der Waals surface area contributed by atoms with Gasteiger partial charge in [0.1, 0.15) is 5.75 Å². The number of hydrogen-bond acceptors (Lipinski definition) is 5. The Bertz CT molecular complexity index is 763. The van der Waals surface area contributed by atoms with Crippen molar-refractivity contribution in [2.24, 2.45) is 5.92 Å². The van der Waals surface area contributed by atoms with E-state index in [4.69, 9.17) is 4.74 Å². The molecule has 1 aliphatic carbocycles. The van der Waals surface area contributed by atoms with Gasteiger partial charge in [0.2, 0.25) is 5.91 Å². The number of thiazole rings is 1. The number of ether oxygens (including phenoxy) is 1. The highest BCUT2D eigenvalue weighted by molar-refractivity contribution is 7.09. The van der Waals surface area contributed by atoms with Crippen LogP contribution >= 0.6 is 11.3 Å². The first kappa shape index (κ1) is 15.4. The van der Waals surface area contributed by atoms with Crippen LogP contribution in [0.25, 0.3) is 6.08 Å². The molecule has 118 valence electrons. The van der Waals surface area contributed by atoms with Gasteiger partial charge in [-0.15, -0.1) is 11.3 Å². The maximum atomic E-state index is 11.8. The van der Waals surface area contributed by atoms with E-state index < -0.39 is 5.97 Å². The fourth-order valence-electron chi connectivity index (χ4n) is 1.99. The zero-order chi connectivity index (χ0) is 16.2. The molecule has 1 aromatic carbocycles. The van der Waals surface area contributed by atoms with E-state index in [1.165, 1.54) is 17.4 Å². The predicted octanol–water partition coefficient (Wildman–Crippen LogP) is 3.42. The lowest BCUT2D eigenvalue weighted by molar-refractivity contribution is -0.128. The molecule has 6 heteroatoms. The lowest BCUT2D eigenvalue weighted by Crippen LogP contribution is -2.13. The number of carbonyl (C=O) groups is 2. The number of benzene rings is 1. The van der Waals surface area contributed by atoms with E-state index in [2.05, 4.69) is 10.3 Å². The second-order valence-electron chi connectivity index (χ2n) is 5.34. The summed E-state index contributed by atoms with van der Waals surface area (Å²) in [5.41, 5.74) is 1.36. The number of aromatic nitrogens is 1. The number of rotatable bonds is 5. The highest BCUT2D eigenvalue weighted by Gasteiger charge is 2.29. The van der Waals surface area contributed by atoms with Gasteiger partial charge in [0.25, 0.3) is 0 Å². The molecule has 0 unspecified atom stereocenters. The number of hydrogen-bond donors (Lipinski definition) is 1. The number of amides is 1. The lowest BCUT2D eigenvalue weighted by atomic mass is 10.3. The SMILES string of the molecule is Cc1nc(C=CC(=O)Oc2cccc(NC(=O)C3CC3)c2)cs1. The number of carbonyl (C=O) groups excluding carboxylic acids is 2. The summed E-state index contributed by atoms with van der Waals surface area (Å²) < 4.78 is 5.24. The van der Waals surface area contributed by atoms with Crippen LogP contribution in [0.2, 0.25) is 0 Å². The third kappa shape index (κ3) is 4.50. The molecule has 2 aromatic rings. The lowest BCUT2D eigenvalue weighted by Gasteiger charge is -2.06. The van der Waals surface area contributed by atoms with Crippen LogP contribution in [0.3, 0.4) is 0 Å². The van der Waals surface area contributed by atoms with Gasteiger partial charge in [0, 0.05) is 29.1 Å². The van der Waals surface area contributed by atoms with Crippen LogP contribution in [0.5, 0.6) is 5.75 Å². The highest BCUT2D eigenvalue weighted by Crippen LogP contribution is 2.30. The van der Waals surface area contributed by atoms with Crippen molar-refractivity contribution >= 4 is 35.0 Å². The average Bonchev–Trinajstić information content (AvgIpc) is 3.29. The molecule has 0 saturated heterocycles. The summed E-state index contributed by atoms with van der Waals surface area (Å²) in [6, 6.07) is 6.81. The standard InChI is InChI=1S/C17H16N2O3S/c1-11-18-14(10-23-11)7-8-16(20)22-15-4-2-3-13(9-15)19-17(21)12-5-6-12/h2-4,7-10,12H,5-6H2,1H3,(H,19,21). The van der Waals surface area contributed by atoms with E-state index in [9.17, 15) is 9.59 Å². The van der Waals surface area contributed by atoms with Crippen molar-refractivity contribution in [1.29, 1.82) is 0 Å². The second-order valence-corrected chi connectivity index (χ2v) is 6.40. The average molecular weight is 328 g/mol. The Hall–Kier alpha value is -2.47. The van der Waals surface area contributed by atoms with Crippen molar-refractivity contribution in [3.63, 3.8) is 0 Å². The Morgan fingerprint density at radius 1 is 1.39 bits per heavy atom. The topological polar surface area (TPSA) is 68.3 Å². The number of nitrogens with one attached hydrogen (secondary N) is 1. The van der Waals surface area contributed by atoms with Gasteiger partial charge in [-0.3, -0.25) is 4.79 Å². The van der Waals surface area contributed by atoms with Crippen molar-refractivity contribution in [1.82, 2.24) is 4.98 Å². The van der Waals surface area contributed by atoms with Crippen LogP contribution < -0.4 is 10.1 Å². The van der Waals surface area contributed by atoms with Gasteiger partial charge in [-0.2, -0.15) is 0 Å². The largest absolute Gasteiger partial charge is 0.423 e. The minimum atomic E-state index is -0.485. The van der Waals surface area contributed by atoms with Crippen LogP contribution in [0.15, 0.2) is 35.7 Å². The molecule has 23 heavy (non-hydrogen) atoms. The van der Waals surface area contributed by atoms with Gasteiger partial charge in [-0.25, -0.2) is 9.78 Å². The van der Waals surface area contributed by atoms with Crippen LogP contribution in [0, 0.1) is 12.8 Å². The van der Waals surface area contributed by atoms with Crippen LogP contribution in [0.4, 0.5) is 5.69 Å². The Labute approximate surface area is 138 Å². The first-order valence-corrected chi connectivity index (χ1v) is 8.21. The van der Waals surface area contributed by atoms with Crippen molar-refractivity contribution < 1.29 is 14.3 Å². The van der Waals surface area contributed by atoms with Crippen molar-refractivity contribution in [3.8, 4) is 5.75 Å². The van der Waals surface area contributed by atoms with Gasteiger partial charge in [-0.1, -0.05) is 6.07 Å². The number of aryl methyl sites for hydroxylation is 1. The van der Waals surface area contributed by atoms with E-state index in [-0.39, 0.29) is 11.8 Å². The van der Waals surface area contributed by atoms with Gasteiger partial charge in [0.15, 0.2) is 0 Å². The normalized spacial score (nSPS) is 14.0. The molecule has 1 N–H and O–H groups in total. The van der Waals surface area contributed by atoms with Gasteiger partial charge in [0.05, 0.1) is 10.7 Å². The number of anilines is 1. The summed E-state index contributed by atoms with van der Waals surface area (Å²) in [5.74, 6) is 0.0574. The van der Waals surface area contributed by atoms with Crippen LogP contribution in [-0.2, 0) is 9.59 Å². The zero-order valence-corrected chi connectivity index (χ0v) is 13.4. The molecule has 0 atom stereocenters. The predicted molar refractivity (Wildman–Crippen MR) is 89.3 cm³/mol. The van der Waals surface area contributed by atoms with Crippen molar-refractivity contribution in [2.75, 3.05) is 5.32 Å². The Morgan fingerprint density at radius 2 is 2.22 bits per heavy atom. The molecule has 1 saturated carbocycles. The third-order valence-electron chi connectivity index (χ3n) is 3.30. The molecule has 5 nitrogen and oxygen atoms in total. The molecule has 0 radical (unpaired) electrons. The minimum Gasteiger partial charge on any atom is -0.423 e. The Morgan fingerprint density at radius 3 is 2.91 bits per heavy atom. The van der Waals surface area contributed by atoms with Crippen molar-refractivity contribution in [3.05, 3.63) is 46.4 Å². The summed E-state index contributed by atoms with van der Waals surface area (Å²) >= 11 is 1.52. The highest BCUT2D eigenvalue weighted by atomic mass is 32.1. The summed E-state index contributed by atoms with van der Waals surface area (Å²) in [6.07, 6.45) is 4.84. The molecule has 3 rings (SSSR count). The van der Waals surface area contributed by atoms with E-state index in [1.54, 1.807) is 30.3 Å². The monoisotopic (exact) mass is 328 g/mol. The summed E-state index contributed by atoms with van der Waals surface area (Å²) in [7, 11) is 0. The number of esters is 1. The van der Waals surface area contributed by atoms with E-state index in [0.29, 0.717) is 11.4 Å². The molecule has 1 heterocycles. The van der Waals surface area contributed by atoms with Crippen molar-refractivity contribution in [2.45, 2.75) is 19.8 Å². The molecule has 1 aliphatic rings. The molecule has 0 bridgehead atoms. The minimum absolute atomic E-state index is 0.0206. The summed E-state index contributed by atoms with van der Waals surface area (Å²) in [5, 5.41) is 5.63. The molecule has 1 amide bonds.